The van der Waals surface area contributed by atoms with Crippen LogP contribution in [0.2, 0.25) is 0 Å². The molecule has 27 heavy (non-hydrogen) atoms. The van der Waals surface area contributed by atoms with Gasteiger partial charge in [0.15, 0.2) is 12.4 Å². The standard InChI is InChI=1S/C18H19N3O6/c1-9-5-6-13(21(25)26)7-14(9)20-15(23)8-27-18(24)17-10(2)16(12(4)22)11(3)19-17/h5-7,19H,8H2,1-4H3,(H,20,23). The molecule has 0 saturated carbocycles. The summed E-state index contributed by atoms with van der Waals surface area (Å²) in [5, 5.41) is 13.3. The number of nitro groups is 1. The molecule has 2 rings (SSSR count). The second kappa shape index (κ2) is 7.81. The third-order valence-electron chi connectivity index (χ3n) is 4.03. The number of aromatic nitrogens is 1. The molecular formula is C18H19N3O6. The number of Topliss-reactive ketones (excluding diaryl/α,β-unsaturated/α-hetero) is 1. The maximum Gasteiger partial charge on any atom is 0.355 e. The lowest BCUT2D eigenvalue weighted by Crippen LogP contribution is -2.22. The van der Waals surface area contributed by atoms with Crippen molar-refractivity contribution in [1.82, 2.24) is 4.98 Å². The summed E-state index contributed by atoms with van der Waals surface area (Å²) in [4.78, 5) is 48.9. The molecule has 1 aromatic carbocycles. The molecule has 1 aromatic heterocycles. The van der Waals surface area contributed by atoms with Gasteiger partial charge in [-0.1, -0.05) is 6.07 Å². The molecule has 9 heteroatoms. The molecule has 9 nitrogen and oxygen atoms in total. The van der Waals surface area contributed by atoms with Gasteiger partial charge in [0.05, 0.1) is 10.6 Å². The van der Waals surface area contributed by atoms with Crippen molar-refractivity contribution >= 4 is 29.0 Å². The number of aromatic amines is 1. The van der Waals surface area contributed by atoms with Crippen LogP contribution < -0.4 is 5.32 Å². The number of rotatable bonds is 6. The second-order valence-corrected chi connectivity index (χ2v) is 6.06. The minimum absolute atomic E-state index is 0.108. The second-order valence-electron chi connectivity index (χ2n) is 6.06. The minimum atomic E-state index is -0.769. The quantitative estimate of drug-likeness (QED) is 0.346. The Morgan fingerprint density at radius 1 is 1.22 bits per heavy atom. The van der Waals surface area contributed by atoms with Crippen molar-refractivity contribution in [1.29, 1.82) is 0 Å². The van der Waals surface area contributed by atoms with Gasteiger partial charge < -0.3 is 15.0 Å². The molecule has 0 radical (unpaired) electrons. The van der Waals surface area contributed by atoms with E-state index in [2.05, 4.69) is 10.3 Å². The molecule has 0 aliphatic rings. The summed E-state index contributed by atoms with van der Waals surface area (Å²) >= 11 is 0. The first kappa shape index (κ1) is 19.8. The van der Waals surface area contributed by atoms with E-state index >= 15 is 0 Å². The number of carbonyl (C=O) groups is 3. The Morgan fingerprint density at radius 3 is 2.44 bits per heavy atom. The maximum absolute atomic E-state index is 12.2. The van der Waals surface area contributed by atoms with Crippen molar-refractivity contribution in [3.63, 3.8) is 0 Å². The molecule has 0 bridgehead atoms. The number of H-pyrrole nitrogens is 1. The molecule has 2 aromatic rings. The normalized spacial score (nSPS) is 10.4. The van der Waals surface area contributed by atoms with Gasteiger partial charge in [0.1, 0.15) is 5.69 Å². The van der Waals surface area contributed by atoms with Gasteiger partial charge >= 0.3 is 5.97 Å². The smallest absolute Gasteiger partial charge is 0.355 e. The molecule has 142 valence electrons. The van der Waals surface area contributed by atoms with E-state index in [-0.39, 0.29) is 22.9 Å². The van der Waals surface area contributed by atoms with Crippen molar-refractivity contribution in [2.75, 3.05) is 11.9 Å². The van der Waals surface area contributed by atoms with Crippen molar-refractivity contribution in [3.05, 3.63) is 56.4 Å². The molecule has 0 saturated heterocycles. The van der Waals surface area contributed by atoms with Gasteiger partial charge in [-0.3, -0.25) is 19.7 Å². The van der Waals surface area contributed by atoms with Crippen LogP contribution in [0.15, 0.2) is 18.2 Å². The largest absolute Gasteiger partial charge is 0.451 e. The van der Waals surface area contributed by atoms with Gasteiger partial charge in [-0.2, -0.15) is 0 Å². The summed E-state index contributed by atoms with van der Waals surface area (Å²) < 4.78 is 4.98. The van der Waals surface area contributed by atoms with E-state index in [0.717, 1.165) is 0 Å². The fraction of sp³-hybridized carbons (Fsp3) is 0.278. The Kier molecular flexibility index (Phi) is 5.74. The number of hydrogen-bond acceptors (Lipinski definition) is 6. The van der Waals surface area contributed by atoms with Gasteiger partial charge in [0.25, 0.3) is 11.6 Å². The molecule has 1 amide bonds. The molecule has 1 heterocycles. The highest BCUT2D eigenvalue weighted by Crippen LogP contribution is 2.22. The van der Waals surface area contributed by atoms with Crippen molar-refractivity contribution in [3.8, 4) is 0 Å². The van der Waals surface area contributed by atoms with Crippen LogP contribution in [-0.2, 0) is 9.53 Å². The van der Waals surface area contributed by atoms with E-state index in [1.165, 1.54) is 25.1 Å². The van der Waals surface area contributed by atoms with Gasteiger partial charge in [-0.05, 0) is 38.8 Å². The molecule has 0 aliphatic carbocycles. The lowest BCUT2D eigenvalue weighted by molar-refractivity contribution is -0.384. The summed E-state index contributed by atoms with van der Waals surface area (Å²) in [5.74, 6) is -1.59. The first-order valence-corrected chi connectivity index (χ1v) is 8.04. The predicted molar refractivity (Wildman–Crippen MR) is 97.0 cm³/mol. The van der Waals surface area contributed by atoms with Crippen LogP contribution in [0.5, 0.6) is 0 Å². The highest BCUT2D eigenvalue weighted by Gasteiger charge is 2.21. The van der Waals surface area contributed by atoms with E-state index in [0.29, 0.717) is 22.4 Å². The first-order valence-electron chi connectivity index (χ1n) is 8.04. The Hall–Kier alpha value is -3.49. The number of anilines is 1. The van der Waals surface area contributed by atoms with E-state index in [4.69, 9.17) is 4.74 Å². The number of nitro benzene ring substituents is 1. The first-order chi connectivity index (χ1) is 12.6. The fourth-order valence-electron chi connectivity index (χ4n) is 2.73. The molecule has 0 aliphatic heterocycles. The van der Waals surface area contributed by atoms with Crippen LogP contribution in [0.1, 0.15) is 44.6 Å². The Morgan fingerprint density at radius 2 is 1.89 bits per heavy atom. The van der Waals surface area contributed by atoms with Crippen molar-refractivity contribution in [2.24, 2.45) is 0 Å². The highest BCUT2D eigenvalue weighted by molar-refractivity contribution is 6.02. The number of hydrogen-bond donors (Lipinski definition) is 2. The number of ketones is 1. The molecule has 0 spiro atoms. The summed E-state index contributed by atoms with van der Waals surface area (Å²) in [6, 6.07) is 4.06. The van der Waals surface area contributed by atoms with Gasteiger partial charge in [0.2, 0.25) is 0 Å². The van der Waals surface area contributed by atoms with Crippen LogP contribution in [0.25, 0.3) is 0 Å². The van der Waals surface area contributed by atoms with Gasteiger partial charge in [0, 0.05) is 23.4 Å². The number of aryl methyl sites for hydroxylation is 2. The van der Waals surface area contributed by atoms with E-state index in [1.54, 1.807) is 20.8 Å². The highest BCUT2D eigenvalue weighted by atomic mass is 16.6. The van der Waals surface area contributed by atoms with Crippen LogP contribution in [-0.4, -0.2) is 34.2 Å². The Labute approximate surface area is 154 Å². The maximum atomic E-state index is 12.2. The Bertz CT molecular complexity index is 945. The fourth-order valence-corrected chi connectivity index (χ4v) is 2.73. The van der Waals surface area contributed by atoms with E-state index < -0.39 is 23.4 Å². The number of ether oxygens (including phenoxy) is 1. The lowest BCUT2D eigenvalue weighted by atomic mass is 10.1. The zero-order valence-corrected chi connectivity index (χ0v) is 15.3. The number of esters is 1. The van der Waals surface area contributed by atoms with E-state index in [9.17, 15) is 24.5 Å². The third kappa shape index (κ3) is 4.38. The average molecular weight is 373 g/mol. The molecule has 0 unspecified atom stereocenters. The lowest BCUT2D eigenvalue weighted by Gasteiger charge is -2.09. The number of non-ortho nitro benzene ring substituents is 1. The summed E-state index contributed by atoms with van der Waals surface area (Å²) in [5.41, 5.74) is 2.25. The number of nitrogens with zero attached hydrogens (tertiary/aromatic N) is 1. The van der Waals surface area contributed by atoms with Crippen LogP contribution in [0, 0.1) is 30.9 Å². The number of nitrogens with one attached hydrogen (secondary N) is 2. The summed E-state index contributed by atoms with van der Waals surface area (Å²) in [7, 11) is 0. The topological polar surface area (TPSA) is 131 Å². The minimum Gasteiger partial charge on any atom is -0.451 e. The van der Waals surface area contributed by atoms with Crippen LogP contribution >= 0.6 is 0 Å². The molecule has 0 fully saturated rings. The van der Waals surface area contributed by atoms with E-state index in [1.807, 2.05) is 0 Å². The number of carbonyl (C=O) groups excluding carboxylic acids is 3. The molecule has 0 atom stereocenters. The summed E-state index contributed by atoms with van der Waals surface area (Å²) in [6.07, 6.45) is 0. The van der Waals surface area contributed by atoms with Gasteiger partial charge in [-0.25, -0.2) is 4.79 Å². The molecule has 2 N–H and O–H groups in total. The predicted octanol–water partition coefficient (Wildman–Crippen LogP) is 2.85. The number of benzene rings is 1. The summed E-state index contributed by atoms with van der Waals surface area (Å²) in [6.45, 7) is 5.78. The van der Waals surface area contributed by atoms with Gasteiger partial charge in [-0.15, -0.1) is 0 Å². The number of amides is 1. The Balaban J connectivity index is 2.05. The third-order valence-corrected chi connectivity index (χ3v) is 4.03. The van der Waals surface area contributed by atoms with Crippen LogP contribution in [0.4, 0.5) is 11.4 Å². The monoisotopic (exact) mass is 373 g/mol. The van der Waals surface area contributed by atoms with Crippen molar-refractivity contribution < 1.29 is 24.0 Å². The SMILES string of the molecule is CC(=O)c1c(C)[nH]c(C(=O)OCC(=O)Nc2cc([N+](=O)[O-])ccc2C)c1C. The zero-order valence-electron chi connectivity index (χ0n) is 15.3. The average Bonchev–Trinajstić information content (AvgIpc) is 2.89. The van der Waals surface area contributed by atoms with Crippen molar-refractivity contribution in [2.45, 2.75) is 27.7 Å². The van der Waals surface area contributed by atoms with Crippen LogP contribution in [0.3, 0.4) is 0 Å². The molecular weight excluding hydrogens is 354 g/mol. The zero-order chi connectivity index (χ0) is 20.3.